The lowest BCUT2D eigenvalue weighted by atomic mass is 10.1. The van der Waals surface area contributed by atoms with Crippen LogP contribution in [-0.2, 0) is 4.79 Å². The summed E-state index contributed by atoms with van der Waals surface area (Å²) in [5.41, 5.74) is 1.49. The molecule has 1 heterocycles. The van der Waals surface area contributed by atoms with Crippen LogP contribution < -0.4 is 4.74 Å². The number of carbonyl (C=O) groups excluding carboxylic acids is 1. The molecule has 20 heavy (non-hydrogen) atoms. The number of hydrogen-bond donors (Lipinski definition) is 1. The summed E-state index contributed by atoms with van der Waals surface area (Å²) in [6.45, 7) is 7.22. The fourth-order valence-corrected chi connectivity index (χ4v) is 2.43. The molecule has 0 aliphatic carbocycles. The summed E-state index contributed by atoms with van der Waals surface area (Å²) in [4.78, 5) is 13.7. The van der Waals surface area contributed by atoms with E-state index >= 15 is 0 Å². The Morgan fingerprint density at radius 3 is 2.85 bits per heavy atom. The van der Waals surface area contributed by atoms with Gasteiger partial charge in [0.15, 0.2) is 0 Å². The molecular weight excluding hydrogens is 254 g/mol. The lowest BCUT2D eigenvalue weighted by molar-refractivity contribution is -0.131. The highest BCUT2D eigenvalue weighted by molar-refractivity contribution is 5.76. The molecule has 1 saturated heterocycles. The molecule has 110 valence electrons. The van der Waals surface area contributed by atoms with Crippen LogP contribution in [0.25, 0.3) is 0 Å². The van der Waals surface area contributed by atoms with E-state index in [2.05, 4.69) is 0 Å². The summed E-state index contributed by atoms with van der Waals surface area (Å²) in [5.74, 6) is 0.888. The van der Waals surface area contributed by atoms with E-state index in [1.54, 1.807) is 11.8 Å². The third-order valence-electron chi connectivity index (χ3n) is 3.72. The predicted molar refractivity (Wildman–Crippen MR) is 77.8 cm³/mol. The summed E-state index contributed by atoms with van der Waals surface area (Å²) >= 11 is 0. The second-order valence-corrected chi connectivity index (χ2v) is 5.93. The zero-order valence-electron chi connectivity index (χ0n) is 12.5. The van der Waals surface area contributed by atoms with Gasteiger partial charge in [-0.15, -0.1) is 0 Å². The smallest absolute Gasteiger partial charge is 0.226 e. The number of likely N-dealkylation sites (tertiary alicyclic amines) is 1. The SMILES string of the molecule is Cc1ccc(C)c(OCCC(=O)N2CCC(C)(O)C2)c1. The van der Waals surface area contributed by atoms with Crippen LogP contribution in [0.1, 0.15) is 30.9 Å². The number of rotatable bonds is 4. The van der Waals surface area contributed by atoms with Gasteiger partial charge < -0.3 is 14.7 Å². The number of hydrogen-bond acceptors (Lipinski definition) is 3. The molecule has 0 spiro atoms. The largest absolute Gasteiger partial charge is 0.493 e. The van der Waals surface area contributed by atoms with Crippen molar-refractivity contribution in [3.8, 4) is 5.75 Å². The van der Waals surface area contributed by atoms with Crippen LogP contribution >= 0.6 is 0 Å². The highest BCUT2D eigenvalue weighted by atomic mass is 16.5. The first-order chi connectivity index (χ1) is 9.37. The molecule has 1 fully saturated rings. The van der Waals surface area contributed by atoms with E-state index in [9.17, 15) is 9.90 Å². The maximum absolute atomic E-state index is 12.0. The van der Waals surface area contributed by atoms with E-state index in [0.717, 1.165) is 16.9 Å². The minimum Gasteiger partial charge on any atom is -0.493 e. The standard InChI is InChI=1S/C16H23NO3/c1-12-4-5-13(2)14(10-12)20-9-6-15(18)17-8-7-16(3,19)11-17/h4-5,10,19H,6-9,11H2,1-3H3. The summed E-state index contributed by atoms with van der Waals surface area (Å²) < 4.78 is 5.69. The second-order valence-electron chi connectivity index (χ2n) is 5.93. The van der Waals surface area contributed by atoms with Crippen molar-refractivity contribution < 1.29 is 14.6 Å². The first-order valence-corrected chi connectivity index (χ1v) is 7.08. The summed E-state index contributed by atoms with van der Waals surface area (Å²) in [5, 5.41) is 9.86. The molecule has 1 aliphatic heterocycles. The Bertz CT molecular complexity index is 496. The molecule has 0 radical (unpaired) electrons. The Hall–Kier alpha value is -1.55. The normalized spacial score (nSPS) is 22.1. The number of ether oxygens (including phenoxy) is 1. The van der Waals surface area contributed by atoms with Crippen molar-refractivity contribution in [1.82, 2.24) is 4.90 Å². The molecule has 0 saturated carbocycles. The Morgan fingerprint density at radius 2 is 2.20 bits per heavy atom. The van der Waals surface area contributed by atoms with E-state index in [-0.39, 0.29) is 5.91 Å². The number of nitrogens with zero attached hydrogens (tertiary/aromatic N) is 1. The third-order valence-corrected chi connectivity index (χ3v) is 3.72. The Kier molecular flexibility index (Phi) is 4.33. The van der Waals surface area contributed by atoms with Crippen molar-refractivity contribution in [2.75, 3.05) is 19.7 Å². The van der Waals surface area contributed by atoms with Crippen LogP contribution in [0.4, 0.5) is 0 Å². The Balaban J connectivity index is 1.81. The van der Waals surface area contributed by atoms with Gasteiger partial charge in [-0.25, -0.2) is 0 Å². The van der Waals surface area contributed by atoms with Crippen molar-refractivity contribution in [1.29, 1.82) is 0 Å². The minimum atomic E-state index is -0.732. The molecule has 0 aromatic heterocycles. The Morgan fingerprint density at radius 1 is 1.45 bits per heavy atom. The number of benzene rings is 1. The topological polar surface area (TPSA) is 49.8 Å². The van der Waals surface area contributed by atoms with Crippen molar-refractivity contribution in [3.63, 3.8) is 0 Å². The molecule has 0 bridgehead atoms. The number of β-amino-alcohol motifs (C(OH)–C–C–N with tert-alkyl or cyclic N) is 1. The van der Waals surface area contributed by atoms with Gasteiger partial charge in [-0.2, -0.15) is 0 Å². The fraction of sp³-hybridized carbons (Fsp3) is 0.562. The monoisotopic (exact) mass is 277 g/mol. The number of carbonyl (C=O) groups is 1. The van der Waals surface area contributed by atoms with Gasteiger partial charge in [-0.1, -0.05) is 12.1 Å². The van der Waals surface area contributed by atoms with Gasteiger partial charge in [-0.05, 0) is 44.4 Å². The summed E-state index contributed by atoms with van der Waals surface area (Å²) in [6.07, 6.45) is 1.00. The van der Waals surface area contributed by atoms with E-state index in [0.29, 0.717) is 32.5 Å². The molecule has 4 heteroatoms. The predicted octanol–water partition coefficient (Wildman–Crippen LogP) is 2.06. The van der Waals surface area contributed by atoms with Crippen LogP contribution in [-0.4, -0.2) is 41.2 Å². The maximum atomic E-state index is 12.0. The van der Waals surface area contributed by atoms with Gasteiger partial charge in [0.25, 0.3) is 0 Å². The highest BCUT2D eigenvalue weighted by Gasteiger charge is 2.33. The second kappa shape index (κ2) is 5.83. The van der Waals surface area contributed by atoms with Crippen LogP contribution in [0.15, 0.2) is 18.2 Å². The minimum absolute atomic E-state index is 0.0491. The van der Waals surface area contributed by atoms with Crippen LogP contribution in [0.2, 0.25) is 0 Å². The summed E-state index contributed by atoms with van der Waals surface area (Å²) in [6, 6.07) is 6.05. The molecule has 1 aromatic rings. The highest BCUT2D eigenvalue weighted by Crippen LogP contribution is 2.22. The first-order valence-electron chi connectivity index (χ1n) is 7.08. The van der Waals surface area contributed by atoms with E-state index in [4.69, 9.17) is 4.74 Å². The molecule has 1 amide bonds. The van der Waals surface area contributed by atoms with E-state index in [1.807, 2.05) is 32.0 Å². The average Bonchev–Trinajstić information content (AvgIpc) is 2.74. The van der Waals surface area contributed by atoms with Crippen LogP contribution in [0.3, 0.4) is 0 Å². The third kappa shape index (κ3) is 3.73. The van der Waals surface area contributed by atoms with E-state index in [1.165, 1.54) is 0 Å². The molecule has 1 N–H and O–H groups in total. The number of amides is 1. The van der Waals surface area contributed by atoms with Crippen molar-refractivity contribution in [2.45, 2.75) is 39.2 Å². The van der Waals surface area contributed by atoms with Crippen LogP contribution in [0, 0.1) is 13.8 Å². The molecule has 1 aromatic carbocycles. The van der Waals surface area contributed by atoms with Gasteiger partial charge in [0.05, 0.1) is 18.6 Å². The molecule has 1 atom stereocenters. The fourth-order valence-electron chi connectivity index (χ4n) is 2.43. The number of aryl methyl sites for hydroxylation is 2. The zero-order chi connectivity index (χ0) is 14.8. The average molecular weight is 277 g/mol. The molecule has 1 aliphatic rings. The molecular formula is C16H23NO3. The maximum Gasteiger partial charge on any atom is 0.226 e. The van der Waals surface area contributed by atoms with Crippen molar-refractivity contribution in [3.05, 3.63) is 29.3 Å². The summed E-state index contributed by atoms with van der Waals surface area (Å²) in [7, 11) is 0. The van der Waals surface area contributed by atoms with Gasteiger partial charge in [-0.3, -0.25) is 4.79 Å². The quantitative estimate of drug-likeness (QED) is 0.916. The molecule has 2 rings (SSSR count). The zero-order valence-corrected chi connectivity index (χ0v) is 12.5. The van der Waals surface area contributed by atoms with E-state index < -0.39 is 5.60 Å². The lowest BCUT2D eigenvalue weighted by Gasteiger charge is -2.19. The van der Waals surface area contributed by atoms with Crippen molar-refractivity contribution >= 4 is 5.91 Å². The number of aliphatic hydroxyl groups is 1. The van der Waals surface area contributed by atoms with Gasteiger partial charge in [0.2, 0.25) is 5.91 Å². The van der Waals surface area contributed by atoms with Gasteiger partial charge in [0.1, 0.15) is 5.75 Å². The molecule has 4 nitrogen and oxygen atoms in total. The van der Waals surface area contributed by atoms with Gasteiger partial charge >= 0.3 is 0 Å². The van der Waals surface area contributed by atoms with Crippen molar-refractivity contribution in [2.24, 2.45) is 0 Å². The van der Waals surface area contributed by atoms with Crippen LogP contribution in [0.5, 0.6) is 5.75 Å². The Labute approximate surface area is 120 Å². The first kappa shape index (κ1) is 14.9. The van der Waals surface area contributed by atoms with Gasteiger partial charge in [0, 0.05) is 13.1 Å². The lowest BCUT2D eigenvalue weighted by Crippen LogP contribution is -2.34. The molecule has 1 unspecified atom stereocenters.